The molecule has 0 fully saturated rings. The normalized spacial score (nSPS) is 9.78. The molecule has 0 saturated heterocycles. The SMILES string of the molecule is COc1ccc(-c2[nH]c(=S)[nH]c(=S)c2C#N)cc1. The van der Waals surface area contributed by atoms with Crippen molar-refractivity contribution in [1.82, 2.24) is 9.97 Å². The van der Waals surface area contributed by atoms with Crippen LogP contribution in [0, 0.1) is 20.7 Å². The van der Waals surface area contributed by atoms with Gasteiger partial charge in [-0.1, -0.05) is 12.2 Å². The summed E-state index contributed by atoms with van der Waals surface area (Å²) in [6.45, 7) is 0. The van der Waals surface area contributed by atoms with E-state index >= 15 is 0 Å². The maximum atomic E-state index is 9.14. The number of hydrogen-bond donors (Lipinski definition) is 2. The first kappa shape index (κ1) is 12.5. The van der Waals surface area contributed by atoms with Crippen molar-refractivity contribution in [1.29, 1.82) is 5.26 Å². The zero-order valence-corrected chi connectivity index (χ0v) is 11.1. The molecule has 1 heterocycles. The molecule has 4 nitrogen and oxygen atoms in total. The fourth-order valence-corrected chi connectivity index (χ4v) is 2.09. The van der Waals surface area contributed by atoms with Gasteiger partial charge in [0.05, 0.1) is 12.8 Å². The molecule has 0 spiro atoms. The van der Waals surface area contributed by atoms with E-state index in [4.69, 9.17) is 34.4 Å². The molecular formula is C12H9N3OS2. The molecule has 0 aliphatic heterocycles. The number of methoxy groups -OCH3 is 1. The molecule has 2 rings (SSSR count). The summed E-state index contributed by atoms with van der Waals surface area (Å²) in [4.78, 5) is 5.70. The van der Waals surface area contributed by atoms with Crippen molar-refractivity contribution in [2.24, 2.45) is 0 Å². The number of hydrogen-bond acceptors (Lipinski definition) is 4. The highest BCUT2D eigenvalue weighted by Gasteiger charge is 2.07. The third-order valence-electron chi connectivity index (χ3n) is 2.43. The first-order valence-corrected chi connectivity index (χ1v) is 5.88. The minimum atomic E-state index is 0.340. The second kappa shape index (κ2) is 5.12. The lowest BCUT2D eigenvalue weighted by Crippen LogP contribution is -1.94. The summed E-state index contributed by atoms with van der Waals surface area (Å²) in [5, 5.41) is 9.14. The average molecular weight is 275 g/mol. The second-order valence-electron chi connectivity index (χ2n) is 3.50. The highest BCUT2D eigenvalue weighted by molar-refractivity contribution is 7.72. The molecule has 2 aromatic rings. The van der Waals surface area contributed by atoms with Crippen molar-refractivity contribution in [2.75, 3.05) is 7.11 Å². The highest BCUT2D eigenvalue weighted by atomic mass is 32.1. The molecule has 0 aliphatic rings. The summed E-state index contributed by atoms with van der Waals surface area (Å²) in [6, 6.07) is 9.38. The van der Waals surface area contributed by atoms with Crippen molar-refractivity contribution < 1.29 is 4.74 Å². The first-order valence-electron chi connectivity index (χ1n) is 5.07. The van der Waals surface area contributed by atoms with E-state index in [0.717, 1.165) is 11.3 Å². The van der Waals surface area contributed by atoms with Gasteiger partial charge >= 0.3 is 0 Å². The van der Waals surface area contributed by atoms with Crippen LogP contribution >= 0.6 is 24.4 Å². The number of H-pyrrole nitrogens is 2. The van der Waals surface area contributed by atoms with Crippen molar-refractivity contribution in [3.05, 3.63) is 39.2 Å². The molecule has 6 heteroatoms. The molecule has 0 saturated carbocycles. The van der Waals surface area contributed by atoms with E-state index in [1.54, 1.807) is 7.11 Å². The Bertz CT molecular complexity index is 723. The molecule has 2 N–H and O–H groups in total. The molecule has 0 aliphatic carbocycles. The Morgan fingerprint density at radius 3 is 2.39 bits per heavy atom. The lowest BCUT2D eigenvalue weighted by Gasteiger charge is -2.06. The van der Waals surface area contributed by atoms with Gasteiger partial charge in [-0.2, -0.15) is 5.26 Å². The minimum Gasteiger partial charge on any atom is -0.497 e. The molecule has 0 amide bonds. The molecule has 0 unspecified atom stereocenters. The Morgan fingerprint density at radius 2 is 1.83 bits per heavy atom. The van der Waals surface area contributed by atoms with E-state index in [1.165, 1.54) is 0 Å². The first-order chi connectivity index (χ1) is 8.65. The zero-order valence-electron chi connectivity index (χ0n) is 9.48. The summed E-state index contributed by atoms with van der Waals surface area (Å²) in [5.41, 5.74) is 1.83. The van der Waals surface area contributed by atoms with Gasteiger partial charge in [-0.15, -0.1) is 0 Å². The number of nitriles is 1. The molecule has 0 atom stereocenters. The van der Waals surface area contributed by atoms with E-state index < -0.39 is 0 Å². The molecular weight excluding hydrogens is 266 g/mol. The Labute approximate surface area is 114 Å². The fourth-order valence-electron chi connectivity index (χ4n) is 1.57. The van der Waals surface area contributed by atoms with Gasteiger partial charge in [-0.25, -0.2) is 0 Å². The number of aromatic amines is 2. The number of aromatic nitrogens is 2. The Morgan fingerprint density at radius 1 is 1.17 bits per heavy atom. The fraction of sp³-hybridized carbons (Fsp3) is 0.0833. The van der Waals surface area contributed by atoms with E-state index in [-0.39, 0.29) is 0 Å². The van der Waals surface area contributed by atoms with Gasteiger partial charge < -0.3 is 14.7 Å². The molecule has 0 radical (unpaired) electrons. The highest BCUT2D eigenvalue weighted by Crippen LogP contribution is 2.23. The Hall–Kier alpha value is -1.97. The van der Waals surface area contributed by atoms with Gasteiger partial charge in [0.25, 0.3) is 0 Å². The van der Waals surface area contributed by atoms with E-state index in [0.29, 0.717) is 20.7 Å². The quantitative estimate of drug-likeness (QED) is 0.825. The van der Waals surface area contributed by atoms with Gasteiger partial charge in [0.15, 0.2) is 4.77 Å². The van der Waals surface area contributed by atoms with Crippen LogP contribution in [0.1, 0.15) is 5.56 Å². The average Bonchev–Trinajstić information content (AvgIpc) is 2.38. The van der Waals surface area contributed by atoms with Crippen LogP contribution < -0.4 is 4.74 Å². The van der Waals surface area contributed by atoms with Crippen LogP contribution in [0.25, 0.3) is 11.3 Å². The predicted octanol–water partition coefficient (Wildman–Crippen LogP) is 3.35. The Balaban J connectivity index is 2.67. The van der Waals surface area contributed by atoms with E-state index in [9.17, 15) is 0 Å². The molecule has 0 bridgehead atoms. The van der Waals surface area contributed by atoms with Crippen LogP contribution in [-0.4, -0.2) is 17.1 Å². The third-order valence-corrected chi connectivity index (χ3v) is 2.94. The molecule has 1 aromatic carbocycles. The minimum absolute atomic E-state index is 0.340. The van der Waals surface area contributed by atoms with Crippen molar-refractivity contribution >= 4 is 24.4 Å². The van der Waals surface area contributed by atoms with Crippen LogP contribution in [0.5, 0.6) is 5.75 Å². The molecule has 1 aromatic heterocycles. The second-order valence-corrected chi connectivity index (χ2v) is 4.32. The van der Waals surface area contributed by atoms with Gasteiger partial charge in [0.2, 0.25) is 0 Å². The summed E-state index contributed by atoms with van der Waals surface area (Å²) < 4.78 is 5.82. The van der Waals surface area contributed by atoms with Gasteiger partial charge in [0, 0.05) is 0 Å². The molecule has 18 heavy (non-hydrogen) atoms. The predicted molar refractivity (Wildman–Crippen MR) is 73.5 cm³/mol. The number of ether oxygens (including phenoxy) is 1. The van der Waals surface area contributed by atoms with E-state index in [1.807, 2.05) is 24.3 Å². The number of rotatable bonds is 2. The van der Waals surface area contributed by atoms with Crippen LogP contribution in [0.2, 0.25) is 0 Å². The van der Waals surface area contributed by atoms with Gasteiger partial charge in [-0.05, 0) is 42.0 Å². The van der Waals surface area contributed by atoms with Crippen LogP contribution in [0.15, 0.2) is 24.3 Å². The third kappa shape index (κ3) is 2.32. The lowest BCUT2D eigenvalue weighted by molar-refractivity contribution is 0.415. The standard InChI is InChI=1S/C12H9N3OS2/c1-16-8-4-2-7(3-5-8)10-9(6-13)11(17)15-12(18)14-10/h2-5H,1H3,(H2,14,15,17,18). The smallest absolute Gasteiger partial charge is 0.175 e. The Kier molecular flexibility index (Phi) is 3.55. The van der Waals surface area contributed by atoms with Crippen LogP contribution in [0.3, 0.4) is 0 Å². The van der Waals surface area contributed by atoms with Crippen molar-refractivity contribution in [3.63, 3.8) is 0 Å². The van der Waals surface area contributed by atoms with Crippen molar-refractivity contribution in [2.45, 2.75) is 0 Å². The summed E-state index contributed by atoms with van der Waals surface area (Å²) >= 11 is 10.1. The maximum absolute atomic E-state index is 9.14. The lowest BCUT2D eigenvalue weighted by atomic mass is 10.1. The summed E-state index contributed by atoms with van der Waals surface area (Å²) in [6.07, 6.45) is 0. The number of benzene rings is 1. The number of nitrogens with one attached hydrogen (secondary N) is 2. The van der Waals surface area contributed by atoms with Crippen LogP contribution in [-0.2, 0) is 0 Å². The molecule has 90 valence electrons. The van der Waals surface area contributed by atoms with Crippen molar-refractivity contribution in [3.8, 4) is 23.1 Å². The maximum Gasteiger partial charge on any atom is 0.175 e. The van der Waals surface area contributed by atoms with Crippen LogP contribution in [0.4, 0.5) is 0 Å². The van der Waals surface area contributed by atoms with Gasteiger partial charge in [0.1, 0.15) is 22.0 Å². The largest absolute Gasteiger partial charge is 0.497 e. The summed E-state index contributed by atoms with van der Waals surface area (Å²) in [7, 11) is 1.60. The van der Waals surface area contributed by atoms with E-state index in [2.05, 4.69) is 16.0 Å². The monoisotopic (exact) mass is 275 g/mol. The topological polar surface area (TPSA) is 64.6 Å². The van der Waals surface area contributed by atoms with Gasteiger partial charge in [-0.3, -0.25) is 0 Å². The summed E-state index contributed by atoms with van der Waals surface area (Å²) in [5.74, 6) is 0.747. The zero-order chi connectivity index (χ0) is 13.1. The number of nitrogens with zero attached hydrogens (tertiary/aromatic N) is 1.